The molecule has 0 saturated heterocycles. The summed E-state index contributed by atoms with van der Waals surface area (Å²) in [4.78, 5) is 19.7. The Labute approximate surface area is 150 Å². The van der Waals surface area contributed by atoms with Crippen LogP contribution >= 0.6 is 0 Å². The van der Waals surface area contributed by atoms with Gasteiger partial charge in [0.05, 0.1) is 5.60 Å². The van der Waals surface area contributed by atoms with E-state index in [2.05, 4.69) is 28.8 Å². The third-order valence-corrected chi connectivity index (χ3v) is 4.58. The molecule has 1 heterocycles. The predicted octanol–water partition coefficient (Wildman–Crippen LogP) is 1.86. The quantitative estimate of drug-likeness (QED) is 0.770. The Morgan fingerprint density at radius 2 is 1.44 bits per heavy atom. The van der Waals surface area contributed by atoms with Crippen molar-refractivity contribution in [1.82, 2.24) is 15.0 Å². The topological polar surface area (TPSA) is 68.6 Å². The van der Waals surface area contributed by atoms with Gasteiger partial charge in [0.25, 0.3) is 0 Å². The second-order valence-corrected chi connectivity index (χ2v) is 6.53. The Hall–Kier alpha value is -2.15. The molecule has 0 bridgehead atoms. The van der Waals surface area contributed by atoms with Gasteiger partial charge in [-0.3, -0.25) is 0 Å². The van der Waals surface area contributed by atoms with Gasteiger partial charge in [0.1, 0.15) is 0 Å². The SMILES string of the molecule is CCN(C)c1nc(N(C)CC)nc(N(C)CCC2(O)C=CC=CC2)n1. The maximum absolute atomic E-state index is 10.6. The highest BCUT2D eigenvalue weighted by atomic mass is 16.3. The van der Waals surface area contributed by atoms with E-state index in [4.69, 9.17) is 0 Å². The van der Waals surface area contributed by atoms with Crippen LogP contribution in [0.1, 0.15) is 26.7 Å². The van der Waals surface area contributed by atoms with Gasteiger partial charge in [0.15, 0.2) is 0 Å². The van der Waals surface area contributed by atoms with E-state index in [1.54, 1.807) is 0 Å². The van der Waals surface area contributed by atoms with Gasteiger partial charge >= 0.3 is 0 Å². The summed E-state index contributed by atoms with van der Waals surface area (Å²) in [7, 11) is 5.89. The van der Waals surface area contributed by atoms with E-state index in [0.717, 1.165) is 13.1 Å². The van der Waals surface area contributed by atoms with Gasteiger partial charge in [-0.1, -0.05) is 24.3 Å². The van der Waals surface area contributed by atoms with Crippen LogP contribution in [0.15, 0.2) is 24.3 Å². The van der Waals surface area contributed by atoms with Crippen LogP contribution in [0.2, 0.25) is 0 Å². The molecule has 138 valence electrons. The highest BCUT2D eigenvalue weighted by Crippen LogP contribution is 2.23. The zero-order chi connectivity index (χ0) is 18.4. The van der Waals surface area contributed by atoms with E-state index in [9.17, 15) is 5.11 Å². The normalized spacial score (nSPS) is 19.1. The van der Waals surface area contributed by atoms with Crippen LogP contribution in [-0.4, -0.2) is 66.4 Å². The molecule has 0 fully saturated rings. The average Bonchev–Trinajstić information content (AvgIpc) is 2.65. The molecule has 7 nitrogen and oxygen atoms in total. The van der Waals surface area contributed by atoms with E-state index in [-0.39, 0.29) is 0 Å². The molecular formula is C18H30N6O. The van der Waals surface area contributed by atoms with E-state index in [0.29, 0.717) is 37.2 Å². The maximum Gasteiger partial charge on any atom is 0.231 e. The molecule has 2 rings (SSSR count). The van der Waals surface area contributed by atoms with Gasteiger partial charge in [-0.15, -0.1) is 0 Å². The molecule has 1 aromatic heterocycles. The zero-order valence-electron chi connectivity index (χ0n) is 16.0. The number of allylic oxidation sites excluding steroid dienone is 2. The van der Waals surface area contributed by atoms with E-state index in [1.807, 2.05) is 60.1 Å². The van der Waals surface area contributed by atoms with Crippen molar-refractivity contribution in [3.8, 4) is 0 Å². The van der Waals surface area contributed by atoms with Gasteiger partial charge in [-0.25, -0.2) is 0 Å². The van der Waals surface area contributed by atoms with Crippen LogP contribution in [0.4, 0.5) is 17.8 Å². The van der Waals surface area contributed by atoms with Crippen LogP contribution in [0.5, 0.6) is 0 Å². The molecule has 1 aliphatic rings. The summed E-state index contributed by atoms with van der Waals surface area (Å²) in [5.41, 5.74) is -0.790. The summed E-state index contributed by atoms with van der Waals surface area (Å²) in [5, 5.41) is 10.6. The molecule has 0 spiro atoms. The van der Waals surface area contributed by atoms with E-state index in [1.165, 1.54) is 0 Å². The second kappa shape index (κ2) is 8.29. The molecule has 0 saturated carbocycles. The van der Waals surface area contributed by atoms with E-state index < -0.39 is 5.60 Å². The minimum Gasteiger partial charge on any atom is -0.385 e. The third kappa shape index (κ3) is 4.92. The number of hydrogen-bond donors (Lipinski definition) is 1. The zero-order valence-corrected chi connectivity index (χ0v) is 16.0. The minimum atomic E-state index is -0.790. The second-order valence-electron chi connectivity index (χ2n) is 6.53. The monoisotopic (exact) mass is 346 g/mol. The number of aromatic nitrogens is 3. The number of hydrogen-bond acceptors (Lipinski definition) is 7. The molecule has 0 amide bonds. The van der Waals surface area contributed by atoms with Crippen LogP contribution < -0.4 is 14.7 Å². The summed E-state index contributed by atoms with van der Waals surface area (Å²) in [5.74, 6) is 1.95. The summed E-state index contributed by atoms with van der Waals surface area (Å²) in [6.45, 7) is 6.42. The van der Waals surface area contributed by atoms with Crippen molar-refractivity contribution in [3.63, 3.8) is 0 Å². The van der Waals surface area contributed by atoms with Crippen molar-refractivity contribution < 1.29 is 5.11 Å². The molecule has 7 heteroatoms. The molecule has 1 atom stereocenters. The van der Waals surface area contributed by atoms with Crippen LogP contribution in [0, 0.1) is 0 Å². The minimum absolute atomic E-state index is 0.619. The largest absolute Gasteiger partial charge is 0.385 e. The number of aliphatic hydroxyl groups is 1. The van der Waals surface area contributed by atoms with Gasteiger partial charge in [-0.05, 0) is 26.7 Å². The summed E-state index contributed by atoms with van der Waals surface area (Å²) >= 11 is 0. The highest BCUT2D eigenvalue weighted by Gasteiger charge is 2.24. The van der Waals surface area contributed by atoms with E-state index >= 15 is 0 Å². The van der Waals surface area contributed by atoms with Crippen molar-refractivity contribution in [2.45, 2.75) is 32.3 Å². The first-order chi connectivity index (χ1) is 11.9. The van der Waals surface area contributed by atoms with Crippen molar-refractivity contribution in [2.75, 3.05) is 55.5 Å². The molecule has 25 heavy (non-hydrogen) atoms. The maximum atomic E-state index is 10.6. The molecular weight excluding hydrogens is 316 g/mol. The van der Waals surface area contributed by atoms with Crippen molar-refractivity contribution in [2.24, 2.45) is 0 Å². The lowest BCUT2D eigenvalue weighted by Crippen LogP contribution is -2.34. The molecule has 0 aromatic carbocycles. The first-order valence-electron chi connectivity index (χ1n) is 8.84. The number of anilines is 3. The highest BCUT2D eigenvalue weighted by molar-refractivity contribution is 5.45. The summed E-state index contributed by atoms with van der Waals surface area (Å²) in [6.07, 6.45) is 8.97. The smallest absolute Gasteiger partial charge is 0.231 e. The Kier molecular flexibility index (Phi) is 6.36. The molecule has 1 aromatic rings. The van der Waals surface area contributed by atoms with Gasteiger partial charge in [0.2, 0.25) is 17.8 Å². The average molecular weight is 346 g/mol. The number of rotatable bonds is 8. The fourth-order valence-electron chi connectivity index (χ4n) is 2.44. The fraction of sp³-hybridized carbons (Fsp3) is 0.611. The van der Waals surface area contributed by atoms with Crippen LogP contribution in [0.25, 0.3) is 0 Å². The molecule has 0 radical (unpaired) electrons. The first-order valence-corrected chi connectivity index (χ1v) is 8.84. The third-order valence-electron chi connectivity index (χ3n) is 4.58. The molecule has 1 aliphatic carbocycles. The number of nitrogens with zero attached hydrogens (tertiary/aromatic N) is 6. The molecule has 0 aliphatic heterocycles. The van der Waals surface area contributed by atoms with Crippen molar-refractivity contribution in [1.29, 1.82) is 0 Å². The Morgan fingerprint density at radius 3 is 1.88 bits per heavy atom. The summed E-state index contributed by atoms with van der Waals surface area (Å²) in [6, 6.07) is 0. The lowest BCUT2D eigenvalue weighted by atomic mass is 9.92. The Morgan fingerprint density at radius 1 is 0.920 bits per heavy atom. The standard InChI is InChI=1S/C18H30N6O/c1-6-22(3)15-19-16(23(4)7-2)21-17(20-15)24(5)14-13-18(25)11-9-8-10-12-18/h8-11,25H,6-7,12-14H2,1-5H3. The Bertz CT molecular complexity index is 604. The van der Waals surface area contributed by atoms with Crippen LogP contribution in [0.3, 0.4) is 0 Å². The molecule has 1 N–H and O–H groups in total. The van der Waals surface area contributed by atoms with Crippen LogP contribution in [-0.2, 0) is 0 Å². The van der Waals surface area contributed by atoms with Gasteiger partial charge in [0, 0.05) is 40.8 Å². The summed E-state index contributed by atoms with van der Waals surface area (Å²) < 4.78 is 0. The molecule has 1 unspecified atom stereocenters. The lowest BCUT2D eigenvalue weighted by molar-refractivity contribution is 0.0857. The first kappa shape index (κ1) is 19.2. The van der Waals surface area contributed by atoms with Crippen molar-refractivity contribution >= 4 is 17.8 Å². The van der Waals surface area contributed by atoms with Gasteiger partial charge in [-0.2, -0.15) is 15.0 Å². The Balaban J connectivity index is 2.18. The lowest BCUT2D eigenvalue weighted by Gasteiger charge is -2.28. The predicted molar refractivity (Wildman–Crippen MR) is 103 cm³/mol. The fourth-order valence-corrected chi connectivity index (χ4v) is 2.44. The van der Waals surface area contributed by atoms with Crippen molar-refractivity contribution in [3.05, 3.63) is 24.3 Å². The van der Waals surface area contributed by atoms with Gasteiger partial charge < -0.3 is 19.8 Å².